The Balaban J connectivity index is 1.66. The summed E-state index contributed by atoms with van der Waals surface area (Å²) in [6, 6.07) is 10.3. The third kappa shape index (κ3) is 5.25. The van der Waals surface area contributed by atoms with Gasteiger partial charge < -0.3 is 10.6 Å². The number of nitrogens with zero attached hydrogens (tertiary/aromatic N) is 1. The average Bonchev–Trinajstić information content (AvgIpc) is 2.93. The summed E-state index contributed by atoms with van der Waals surface area (Å²) in [5.74, 6) is -2.05. The Morgan fingerprint density at radius 1 is 1.10 bits per heavy atom. The predicted molar refractivity (Wildman–Crippen MR) is 113 cm³/mol. The molecule has 2 N–H and O–H groups in total. The molecule has 1 aliphatic rings. The topological polar surface area (TPSA) is 95.6 Å². The van der Waals surface area contributed by atoms with E-state index in [1.165, 1.54) is 25.1 Å². The quantitative estimate of drug-likeness (QED) is 0.672. The molecule has 0 spiro atoms. The standard InChI is InChI=1S/C20H15ClFN3O4S/c1-11(26)23-13-4-2-12(3-5-13)8-17-19(28)25(20(29)30-17)10-18(27)24-14-6-7-16(22)15(21)9-14/h2-9H,10H2,1H3,(H,23,26)(H,24,27)/b17-8-. The normalized spacial score (nSPS) is 14.9. The number of hydrogen-bond acceptors (Lipinski definition) is 5. The molecule has 1 fully saturated rings. The predicted octanol–water partition coefficient (Wildman–Crippen LogP) is 4.11. The number of rotatable bonds is 5. The zero-order valence-corrected chi connectivity index (χ0v) is 17.1. The Morgan fingerprint density at radius 2 is 1.77 bits per heavy atom. The smallest absolute Gasteiger partial charge is 0.294 e. The molecule has 4 amide bonds. The van der Waals surface area contributed by atoms with Gasteiger partial charge in [-0.1, -0.05) is 23.7 Å². The van der Waals surface area contributed by atoms with Crippen LogP contribution in [0.4, 0.5) is 20.6 Å². The van der Waals surface area contributed by atoms with Crippen molar-refractivity contribution in [3.05, 3.63) is 63.8 Å². The molecule has 1 saturated heterocycles. The highest BCUT2D eigenvalue weighted by Crippen LogP contribution is 2.32. The van der Waals surface area contributed by atoms with Crippen molar-refractivity contribution < 1.29 is 23.6 Å². The number of hydrogen-bond donors (Lipinski definition) is 2. The highest BCUT2D eigenvalue weighted by Gasteiger charge is 2.36. The number of amides is 4. The first-order chi connectivity index (χ1) is 14.2. The lowest BCUT2D eigenvalue weighted by molar-refractivity contribution is -0.127. The van der Waals surface area contributed by atoms with Crippen LogP contribution in [0.25, 0.3) is 6.08 Å². The molecule has 7 nitrogen and oxygen atoms in total. The van der Waals surface area contributed by atoms with E-state index >= 15 is 0 Å². The Bertz CT molecular complexity index is 1070. The van der Waals surface area contributed by atoms with E-state index < -0.39 is 29.4 Å². The zero-order chi connectivity index (χ0) is 21.8. The summed E-state index contributed by atoms with van der Waals surface area (Å²) < 4.78 is 13.2. The second kappa shape index (κ2) is 9.10. The minimum atomic E-state index is -0.629. The largest absolute Gasteiger partial charge is 0.326 e. The van der Waals surface area contributed by atoms with Gasteiger partial charge in [-0.2, -0.15) is 0 Å². The number of carbonyl (C=O) groups is 4. The molecular formula is C20H15ClFN3O4S. The summed E-state index contributed by atoms with van der Waals surface area (Å²) in [4.78, 5) is 48.9. The molecule has 0 aliphatic carbocycles. The van der Waals surface area contributed by atoms with Crippen LogP contribution in [0.3, 0.4) is 0 Å². The summed E-state index contributed by atoms with van der Waals surface area (Å²) in [5.41, 5.74) is 1.50. The van der Waals surface area contributed by atoms with Crippen molar-refractivity contribution in [2.24, 2.45) is 0 Å². The van der Waals surface area contributed by atoms with Crippen LogP contribution >= 0.6 is 23.4 Å². The van der Waals surface area contributed by atoms with E-state index in [1.807, 2.05) is 0 Å². The van der Waals surface area contributed by atoms with Crippen molar-refractivity contribution in [3.8, 4) is 0 Å². The van der Waals surface area contributed by atoms with Gasteiger partial charge in [0, 0.05) is 18.3 Å². The molecule has 1 heterocycles. The molecule has 154 valence electrons. The molecule has 3 rings (SSSR count). The van der Waals surface area contributed by atoms with Crippen LogP contribution in [0.1, 0.15) is 12.5 Å². The highest BCUT2D eigenvalue weighted by molar-refractivity contribution is 8.18. The summed E-state index contributed by atoms with van der Waals surface area (Å²) in [5, 5.41) is 4.36. The maximum absolute atomic E-state index is 13.2. The van der Waals surface area contributed by atoms with Gasteiger partial charge >= 0.3 is 0 Å². The number of anilines is 2. The van der Waals surface area contributed by atoms with Gasteiger partial charge in [0.1, 0.15) is 12.4 Å². The molecule has 0 atom stereocenters. The molecule has 10 heteroatoms. The highest BCUT2D eigenvalue weighted by atomic mass is 35.5. The third-order valence-corrected chi connectivity index (χ3v) is 5.10. The van der Waals surface area contributed by atoms with E-state index in [1.54, 1.807) is 24.3 Å². The Hall–Kier alpha value is -3.17. The molecule has 2 aromatic carbocycles. The molecule has 30 heavy (non-hydrogen) atoms. The van der Waals surface area contributed by atoms with Gasteiger partial charge in [0.2, 0.25) is 11.8 Å². The van der Waals surface area contributed by atoms with Gasteiger partial charge in [0.25, 0.3) is 11.1 Å². The number of imide groups is 1. The van der Waals surface area contributed by atoms with Crippen LogP contribution in [0.2, 0.25) is 5.02 Å². The van der Waals surface area contributed by atoms with Gasteiger partial charge in [-0.25, -0.2) is 4.39 Å². The van der Waals surface area contributed by atoms with E-state index in [0.29, 0.717) is 11.3 Å². The molecule has 2 aromatic rings. The maximum Gasteiger partial charge on any atom is 0.294 e. The van der Waals surface area contributed by atoms with E-state index in [0.717, 1.165) is 22.7 Å². The van der Waals surface area contributed by atoms with Gasteiger partial charge in [-0.3, -0.25) is 24.1 Å². The van der Waals surface area contributed by atoms with Crippen LogP contribution in [0.5, 0.6) is 0 Å². The molecule has 0 radical (unpaired) electrons. The minimum absolute atomic E-state index is 0.161. The molecule has 1 aliphatic heterocycles. The molecular weight excluding hydrogens is 433 g/mol. The summed E-state index contributed by atoms with van der Waals surface area (Å²) in [7, 11) is 0. The monoisotopic (exact) mass is 447 g/mol. The van der Waals surface area contributed by atoms with Gasteiger partial charge in [0.05, 0.1) is 9.93 Å². The molecule has 0 saturated carbocycles. The lowest BCUT2D eigenvalue weighted by atomic mass is 10.2. The number of nitrogens with one attached hydrogen (secondary N) is 2. The Labute approximate surface area is 180 Å². The van der Waals surface area contributed by atoms with Gasteiger partial charge in [0.15, 0.2) is 0 Å². The fraction of sp³-hybridized carbons (Fsp3) is 0.100. The average molecular weight is 448 g/mol. The second-order valence-corrected chi connectivity index (χ2v) is 7.65. The fourth-order valence-corrected chi connectivity index (χ4v) is 3.59. The van der Waals surface area contributed by atoms with Crippen LogP contribution in [-0.4, -0.2) is 34.4 Å². The third-order valence-electron chi connectivity index (χ3n) is 3.91. The van der Waals surface area contributed by atoms with Crippen molar-refractivity contribution in [1.29, 1.82) is 0 Å². The van der Waals surface area contributed by atoms with Gasteiger partial charge in [-0.05, 0) is 53.7 Å². The summed E-state index contributed by atoms with van der Waals surface area (Å²) in [6.45, 7) is 0.906. The first-order valence-corrected chi connectivity index (χ1v) is 9.80. The number of carbonyl (C=O) groups excluding carboxylic acids is 4. The summed E-state index contributed by atoms with van der Waals surface area (Å²) >= 11 is 6.39. The van der Waals surface area contributed by atoms with Crippen molar-refractivity contribution in [2.75, 3.05) is 17.2 Å². The zero-order valence-electron chi connectivity index (χ0n) is 15.6. The Morgan fingerprint density at radius 3 is 2.40 bits per heavy atom. The van der Waals surface area contributed by atoms with Crippen LogP contribution in [0, 0.1) is 5.82 Å². The first-order valence-electron chi connectivity index (χ1n) is 8.61. The summed E-state index contributed by atoms with van der Waals surface area (Å²) in [6.07, 6.45) is 1.53. The van der Waals surface area contributed by atoms with Crippen LogP contribution in [0.15, 0.2) is 47.4 Å². The maximum atomic E-state index is 13.2. The van der Waals surface area contributed by atoms with Crippen molar-refractivity contribution in [2.45, 2.75) is 6.92 Å². The van der Waals surface area contributed by atoms with Crippen molar-refractivity contribution in [1.82, 2.24) is 4.90 Å². The SMILES string of the molecule is CC(=O)Nc1ccc(/C=C2\SC(=O)N(CC(=O)Nc3ccc(F)c(Cl)c3)C2=O)cc1. The van der Waals surface area contributed by atoms with Crippen molar-refractivity contribution in [3.63, 3.8) is 0 Å². The fourth-order valence-electron chi connectivity index (χ4n) is 2.57. The van der Waals surface area contributed by atoms with Crippen LogP contribution < -0.4 is 10.6 Å². The van der Waals surface area contributed by atoms with Crippen LogP contribution in [-0.2, 0) is 14.4 Å². The number of halogens is 2. The number of benzene rings is 2. The van der Waals surface area contributed by atoms with E-state index in [9.17, 15) is 23.6 Å². The van der Waals surface area contributed by atoms with E-state index in [-0.39, 0.29) is 21.5 Å². The molecule has 0 bridgehead atoms. The van der Waals surface area contributed by atoms with Gasteiger partial charge in [-0.15, -0.1) is 0 Å². The molecule has 0 aromatic heterocycles. The first kappa shape index (κ1) is 21.5. The van der Waals surface area contributed by atoms with Crippen molar-refractivity contribution >= 4 is 63.8 Å². The lowest BCUT2D eigenvalue weighted by Gasteiger charge is -2.12. The second-order valence-electron chi connectivity index (χ2n) is 6.25. The van der Waals surface area contributed by atoms with E-state index in [4.69, 9.17) is 11.6 Å². The minimum Gasteiger partial charge on any atom is -0.326 e. The van der Waals surface area contributed by atoms with E-state index in [2.05, 4.69) is 10.6 Å². The number of thioether (sulfide) groups is 1. The molecule has 0 unspecified atom stereocenters. The lowest BCUT2D eigenvalue weighted by Crippen LogP contribution is -2.36. The Kier molecular flexibility index (Phi) is 6.53.